The van der Waals surface area contributed by atoms with Crippen LogP contribution in [0.3, 0.4) is 0 Å². The third-order valence-corrected chi connectivity index (χ3v) is 6.57. The van der Waals surface area contributed by atoms with Gasteiger partial charge in [0.1, 0.15) is 5.82 Å². The van der Waals surface area contributed by atoms with Crippen molar-refractivity contribution in [1.29, 1.82) is 0 Å². The highest BCUT2D eigenvalue weighted by atomic mass is 32.2. The van der Waals surface area contributed by atoms with E-state index in [1.165, 1.54) is 25.4 Å². The molecule has 0 bridgehead atoms. The monoisotopic (exact) mass is 442 g/mol. The Kier molecular flexibility index (Phi) is 5.61. The molecule has 156 valence electrons. The maximum atomic E-state index is 12.8. The lowest BCUT2D eigenvalue weighted by Crippen LogP contribution is -2.36. The van der Waals surface area contributed by atoms with Crippen molar-refractivity contribution in [2.24, 2.45) is 7.05 Å². The standard InChI is InChI=1S/C14H18N8O5S2/c1-7-15-12(18-14(16-7)27-4)17-13(24)20-29(25,26)11-10-9(19-21(11)3)5-6-22(28-10)8(2)23/h5-6H2,1-4H3,(H2,15,16,17,18,20,24). The molecule has 2 N–H and O–H groups in total. The second-order valence-electron chi connectivity index (χ2n) is 5.92. The van der Waals surface area contributed by atoms with Crippen LogP contribution in [-0.4, -0.2) is 63.0 Å². The number of anilines is 1. The van der Waals surface area contributed by atoms with Crippen molar-refractivity contribution in [3.63, 3.8) is 0 Å². The van der Waals surface area contributed by atoms with Crippen molar-refractivity contribution in [3.8, 4) is 6.01 Å². The maximum Gasteiger partial charge on any atom is 0.335 e. The van der Waals surface area contributed by atoms with E-state index in [-0.39, 0.29) is 28.7 Å². The first kappa shape index (κ1) is 20.8. The quantitative estimate of drug-likeness (QED) is 0.609. The van der Waals surface area contributed by atoms with Crippen molar-refractivity contribution in [2.75, 3.05) is 19.0 Å². The zero-order chi connectivity index (χ0) is 21.3. The summed E-state index contributed by atoms with van der Waals surface area (Å²) in [5.74, 6) is -0.111. The second kappa shape index (κ2) is 7.82. The largest absolute Gasteiger partial charge is 0.467 e. The number of nitrogens with one attached hydrogen (secondary N) is 2. The van der Waals surface area contributed by atoms with Crippen LogP contribution < -0.4 is 14.8 Å². The summed E-state index contributed by atoms with van der Waals surface area (Å²) in [6, 6.07) is -1.10. The zero-order valence-electron chi connectivity index (χ0n) is 16.0. The predicted octanol–water partition coefficient (Wildman–Crippen LogP) is -0.156. The van der Waals surface area contributed by atoms with Gasteiger partial charge in [0.15, 0.2) is 5.03 Å². The maximum absolute atomic E-state index is 12.8. The molecule has 2 aromatic heterocycles. The van der Waals surface area contributed by atoms with Gasteiger partial charge in [-0.15, -0.1) is 0 Å². The van der Waals surface area contributed by atoms with Gasteiger partial charge in [-0.25, -0.2) is 9.52 Å². The summed E-state index contributed by atoms with van der Waals surface area (Å²) in [7, 11) is -1.51. The van der Waals surface area contributed by atoms with Crippen LogP contribution in [0, 0.1) is 6.92 Å². The van der Waals surface area contributed by atoms with E-state index in [2.05, 4.69) is 25.4 Å². The fraction of sp³-hybridized carbons (Fsp3) is 0.429. The summed E-state index contributed by atoms with van der Waals surface area (Å²) in [6.07, 6.45) is 0.404. The molecule has 13 nitrogen and oxygen atoms in total. The summed E-state index contributed by atoms with van der Waals surface area (Å²) < 4.78 is 35.0. The number of nitrogens with zero attached hydrogens (tertiary/aromatic N) is 6. The average Bonchev–Trinajstić information content (AvgIpc) is 2.95. The number of carbonyl (C=O) groups excluding carboxylic acids is 2. The van der Waals surface area contributed by atoms with Crippen LogP contribution in [0.1, 0.15) is 18.4 Å². The SMILES string of the molecule is COc1nc(C)nc(NC(=O)NS(=O)(=O)c2c3c(nn2C)CCN(C(C)=O)S3)n1. The van der Waals surface area contributed by atoms with E-state index in [4.69, 9.17) is 4.74 Å². The molecule has 15 heteroatoms. The Balaban J connectivity index is 1.83. The Hall–Kier alpha value is -2.94. The average molecular weight is 442 g/mol. The van der Waals surface area contributed by atoms with Gasteiger partial charge < -0.3 is 4.74 Å². The van der Waals surface area contributed by atoms with Crippen LogP contribution in [0.4, 0.5) is 10.7 Å². The molecule has 2 aromatic rings. The van der Waals surface area contributed by atoms with Crippen LogP contribution in [-0.2, 0) is 28.3 Å². The van der Waals surface area contributed by atoms with Crippen LogP contribution in [0.5, 0.6) is 6.01 Å². The number of hydrogen-bond donors (Lipinski definition) is 2. The molecule has 0 unspecified atom stereocenters. The van der Waals surface area contributed by atoms with Crippen molar-refractivity contribution >= 4 is 39.9 Å². The lowest BCUT2D eigenvalue weighted by atomic mass is 10.3. The van der Waals surface area contributed by atoms with E-state index in [9.17, 15) is 18.0 Å². The minimum Gasteiger partial charge on any atom is -0.467 e. The Morgan fingerprint density at radius 2 is 1.97 bits per heavy atom. The minimum atomic E-state index is -4.31. The van der Waals surface area contributed by atoms with Crippen molar-refractivity contribution in [3.05, 3.63) is 11.5 Å². The topological polar surface area (TPSA) is 161 Å². The van der Waals surface area contributed by atoms with Crippen LogP contribution in [0.25, 0.3) is 0 Å². The normalized spacial score (nSPS) is 13.6. The van der Waals surface area contributed by atoms with Gasteiger partial charge in [-0.2, -0.15) is 28.5 Å². The number of ether oxygens (including phenoxy) is 1. The molecule has 0 fully saturated rings. The van der Waals surface area contributed by atoms with E-state index in [0.717, 1.165) is 16.6 Å². The molecule has 0 aliphatic carbocycles. The fourth-order valence-electron chi connectivity index (χ4n) is 2.58. The number of amides is 3. The van der Waals surface area contributed by atoms with Gasteiger partial charge in [-0.05, 0) is 18.9 Å². The van der Waals surface area contributed by atoms with Gasteiger partial charge in [0.25, 0.3) is 10.0 Å². The van der Waals surface area contributed by atoms with Crippen LogP contribution in [0.2, 0.25) is 0 Å². The smallest absolute Gasteiger partial charge is 0.335 e. The first-order valence-electron chi connectivity index (χ1n) is 8.23. The van der Waals surface area contributed by atoms with Crippen molar-refractivity contribution in [2.45, 2.75) is 30.2 Å². The van der Waals surface area contributed by atoms with E-state index >= 15 is 0 Å². The molecule has 1 aliphatic rings. The molecule has 0 saturated carbocycles. The molecule has 1 aliphatic heterocycles. The highest BCUT2D eigenvalue weighted by Crippen LogP contribution is 2.36. The molecule has 0 aromatic carbocycles. The minimum absolute atomic E-state index is 0.0305. The zero-order valence-corrected chi connectivity index (χ0v) is 17.6. The highest BCUT2D eigenvalue weighted by molar-refractivity contribution is 7.98. The second-order valence-corrected chi connectivity index (χ2v) is 8.55. The van der Waals surface area contributed by atoms with Gasteiger partial charge in [0.2, 0.25) is 11.9 Å². The number of sulfonamides is 1. The van der Waals surface area contributed by atoms with Crippen LogP contribution in [0.15, 0.2) is 9.92 Å². The number of urea groups is 1. The summed E-state index contributed by atoms with van der Waals surface area (Å²) in [5, 5.41) is 6.20. The van der Waals surface area contributed by atoms with Gasteiger partial charge in [-0.1, -0.05) is 0 Å². The molecule has 0 saturated heterocycles. The van der Waals surface area contributed by atoms with Crippen LogP contribution >= 0.6 is 11.9 Å². The Morgan fingerprint density at radius 3 is 2.62 bits per heavy atom. The number of aryl methyl sites for hydroxylation is 2. The molecular weight excluding hydrogens is 424 g/mol. The third kappa shape index (κ3) is 4.40. The first-order valence-corrected chi connectivity index (χ1v) is 10.5. The Morgan fingerprint density at radius 1 is 1.24 bits per heavy atom. The lowest BCUT2D eigenvalue weighted by molar-refractivity contribution is -0.123. The van der Waals surface area contributed by atoms with Gasteiger partial charge in [0.05, 0.1) is 17.7 Å². The summed E-state index contributed by atoms with van der Waals surface area (Å²) >= 11 is 0.977. The molecule has 3 rings (SSSR count). The summed E-state index contributed by atoms with van der Waals surface area (Å²) in [6.45, 7) is 3.36. The Labute approximate surface area is 170 Å². The lowest BCUT2D eigenvalue weighted by Gasteiger charge is -2.23. The van der Waals surface area contributed by atoms with Crippen molar-refractivity contribution in [1.82, 2.24) is 33.8 Å². The molecular formula is C14H18N8O5S2. The van der Waals surface area contributed by atoms with Crippen molar-refractivity contribution < 1.29 is 22.7 Å². The van der Waals surface area contributed by atoms with Gasteiger partial charge in [-0.3, -0.25) is 19.1 Å². The van der Waals surface area contributed by atoms with E-state index in [0.29, 0.717) is 23.6 Å². The number of rotatable bonds is 4. The van der Waals surface area contributed by atoms with Gasteiger partial charge >= 0.3 is 12.0 Å². The number of hydrogen-bond acceptors (Lipinski definition) is 10. The van der Waals surface area contributed by atoms with E-state index < -0.39 is 16.1 Å². The van der Waals surface area contributed by atoms with Gasteiger partial charge in [0, 0.05) is 26.9 Å². The molecule has 3 amide bonds. The van der Waals surface area contributed by atoms with E-state index in [1.807, 2.05) is 4.72 Å². The highest BCUT2D eigenvalue weighted by Gasteiger charge is 2.33. The predicted molar refractivity (Wildman–Crippen MR) is 101 cm³/mol. The summed E-state index contributed by atoms with van der Waals surface area (Å²) in [4.78, 5) is 35.8. The number of carbonyl (C=O) groups is 2. The number of aromatic nitrogens is 5. The third-order valence-electron chi connectivity index (χ3n) is 3.74. The number of methoxy groups -OCH3 is 1. The summed E-state index contributed by atoms with van der Waals surface area (Å²) in [5.41, 5.74) is 0.536. The molecule has 0 radical (unpaired) electrons. The molecule has 3 heterocycles. The van der Waals surface area contributed by atoms with E-state index in [1.54, 1.807) is 6.92 Å². The number of fused-ring (bicyclic) bond motifs is 1. The fourth-order valence-corrected chi connectivity index (χ4v) is 5.15. The molecule has 29 heavy (non-hydrogen) atoms. The molecule has 0 spiro atoms. The molecule has 0 atom stereocenters. The Bertz CT molecular complexity index is 1080. The first-order chi connectivity index (χ1) is 13.6.